The second kappa shape index (κ2) is 4.97. The van der Waals surface area contributed by atoms with Gasteiger partial charge in [0.15, 0.2) is 11.6 Å². The average molecular weight is 263 g/mol. The Morgan fingerprint density at radius 2 is 2.37 bits per heavy atom. The third-order valence-corrected chi connectivity index (χ3v) is 3.21. The Bertz CT molecular complexity index is 579. The molecule has 2 heterocycles. The molecule has 1 saturated heterocycles. The van der Waals surface area contributed by atoms with Crippen LogP contribution in [-0.2, 0) is 0 Å². The van der Waals surface area contributed by atoms with Gasteiger partial charge in [0.1, 0.15) is 0 Å². The molecule has 5 nitrogen and oxygen atoms in total. The number of aromatic nitrogens is 2. The highest BCUT2D eigenvalue weighted by Crippen LogP contribution is 2.27. The number of methoxy groups -OCH3 is 1. The normalized spacial score (nSPS) is 18.7. The minimum Gasteiger partial charge on any atom is -0.494 e. The zero-order chi connectivity index (χ0) is 13.2. The highest BCUT2D eigenvalue weighted by atomic mass is 19.1. The first-order valence-electron chi connectivity index (χ1n) is 6.19. The van der Waals surface area contributed by atoms with Gasteiger partial charge in [-0.25, -0.2) is 4.39 Å². The summed E-state index contributed by atoms with van der Waals surface area (Å²) in [5, 5.41) is 7.22. The maximum absolute atomic E-state index is 13.3. The predicted octanol–water partition coefficient (Wildman–Crippen LogP) is 2.31. The second-order valence-corrected chi connectivity index (χ2v) is 4.45. The zero-order valence-electron chi connectivity index (χ0n) is 10.5. The standard InChI is InChI=1S/C13H14FN3O2/c1-18-11-7-8(4-5-9(11)14)12-16-13(19-17-12)10-3-2-6-15-10/h4-5,7,10,15H,2-3,6H2,1H3/t10-/m0/s1. The van der Waals surface area contributed by atoms with Crippen LogP contribution < -0.4 is 10.1 Å². The number of halogens is 1. The van der Waals surface area contributed by atoms with E-state index in [1.807, 2.05) is 0 Å². The van der Waals surface area contributed by atoms with Gasteiger partial charge in [-0.1, -0.05) is 5.16 Å². The first-order chi connectivity index (χ1) is 9.28. The number of nitrogens with zero attached hydrogens (tertiary/aromatic N) is 2. The Balaban J connectivity index is 1.89. The lowest BCUT2D eigenvalue weighted by atomic mass is 10.2. The largest absolute Gasteiger partial charge is 0.494 e. The van der Waals surface area contributed by atoms with Gasteiger partial charge in [-0.3, -0.25) is 0 Å². The molecular formula is C13H14FN3O2. The van der Waals surface area contributed by atoms with E-state index in [1.54, 1.807) is 12.1 Å². The number of benzene rings is 1. The van der Waals surface area contributed by atoms with Crippen LogP contribution in [0, 0.1) is 5.82 Å². The first kappa shape index (κ1) is 12.1. The van der Waals surface area contributed by atoms with E-state index in [2.05, 4.69) is 15.5 Å². The smallest absolute Gasteiger partial charge is 0.244 e. The van der Waals surface area contributed by atoms with Gasteiger partial charge in [0.2, 0.25) is 11.7 Å². The van der Waals surface area contributed by atoms with Crippen molar-refractivity contribution in [3.63, 3.8) is 0 Å². The summed E-state index contributed by atoms with van der Waals surface area (Å²) in [6, 6.07) is 4.63. The van der Waals surface area contributed by atoms with Gasteiger partial charge >= 0.3 is 0 Å². The SMILES string of the molecule is COc1cc(-c2noc([C@@H]3CCCN3)n2)ccc1F. The Hall–Kier alpha value is -1.95. The van der Waals surface area contributed by atoms with Crippen LogP contribution in [0.5, 0.6) is 5.75 Å². The summed E-state index contributed by atoms with van der Waals surface area (Å²) < 4.78 is 23.5. The van der Waals surface area contributed by atoms with Crippen molar-refractivity contribution in [2.75, 3.05) is 13.7 Å². The zero-order valence-corrected chi connectivity index (χ0v) is 10.5. The molecule has 0 radical (unpaired) electrons. The van der Waals surface area contributed by atoms with E-state index in [0.717, 1.165) is 19.4 Å². The fourth-order valence-corrected chi connectivity index (χ4v) is 2.19. The van der Waals surface area contributed by atoms with Crippen molar-refractivity contribution in [1.82, 2.24) is 15.5 Å². The van der Waals surface area contributed by atoms with Crippen molar-refractivity contribution in [1.29, 1.82) is 0 Å². The predicted molar refractivity (Wildman–Crippen MR) is 66.2 cm³/mol. The third kappa shape index (κ3) is 2.31. The van der Waals surface area contributed by atoms with Gasteiger partial charge in [0.25, 0.3) is 0 Å². The summed E-state index contributed by atoms with van der Waals surface area (Å²) in [7, 11) is 1.42. The Morgan fingerprint density at radius 1 is 1.47 bits per heavy atom. The lowest BCUT2D eigenvalue weighted by Gasteiger charge is -2.03. The number of nitrogens with one attached hydrogen (secondary N) is 1. The molecule has 0 saturated carbocycles. The molecule has 2 aromatic rings. The van der Waals surface area contributed by atoms with Gasteiger partial charge in [-0.2, -0.15) is 4.98 Å². The van der Waals surface area contributed by atoms with Crippen molar-refractivity contribution in [3.8, 4) is 17.1 Å². The van der Waals surface area contributed by atoms with Crippen molar-refractivity contribution in [2.24, 2.45) is 0 Å². The molecule has 0 unspecified atom stereocenters. The Morgan fingerprint density at radius 3 is 3.11 bits per heavy atom. The highest BCUT2D eigenvalue weighted by Gasteiger charge is 2.22. The van der Waals surface area contributed by atoms with Gasteiger partial charge in [-0.05, 0) is 37.6 Å². The molecular weight excluding hydrogens is 249 g/mol. The van der Waals surface area contributed by atoms with Crippen LogP contribution in [0.3, 0.4) is 0 Å². The van der Waals surface area contributed by atoms with Crippen LogP contribution in [0.15, 0.2) is 22.7 Å². The van der Waals surface area contributed by atoms with Crippen LogP contribution >= 0.6 is 0 Å². The monoisotopic (exact) mass is 263 g/mol. The summed E-state index contributed by atoms with van der Waals surface area (Å²) >= 11 is 0. The molecule has 1 aromatic heterocycles. The van der Waals surface area contributed by atoms with Gasteiger partial charge in [-0.15, -0.1) is 0 Å². The molecule has 0 aliphatic carbocycles. The Kier molecular flexibility index (Phi) is 3.16. The molecule has 0 amide bonds. The minimum absolute atomic E-state index is 0.128. The second-order valence-electron chi connectivity index (χ2n) is 4.45. The van der Waals surface area contributed by atoms with Crippen LogP contribution in [0.25, 0.3) is 11.4 Å². The maximum atomic E-state index is 13.3. The van der Waals surface area contributed by atoms with E-state index in [0.29, 0.717) is 17.3 Å². The summed E-state index contributed by atoms with van der Waals surface area (Å²) in [6.07, 6.45) is 2.10. The molecule has 1 aliphatic heterocycles. The van der Waals surface area contributed by atoms with Gasteiger partial charge < -0.3 is 14.6 Å². The van der Waals surface area contributed by atoms with E-state index in [-0.39, 0.29) is 11.8 Å². The number of rotatable bonds is 3. The van der Waals surface area contributed by atoms with E-state index in [4.69, 9.17) is 9.26 Å². The third-order valence-electron chi connectivity index (χ3n) is 3.21. The average Bonchev–Trinajstić information content (AvgIpc) is 3.10. The molecule has 1 atom stereocenters. The van der Waals surface area contributed by atoms with Gasteiger partial charge in [0.05, 0.1) is 13.2 Å². The fourth-order valence-electron chi connectivity index (χ4n) is 2.19. The lowest BCUT2D eigenvalue weighted by molar-refractivity contribution is 0.345. The minimum atomic E-state index is -0.410. The molecule has 0 bridgehead atoms. The fraction of sp³-hybridized carbons (Fsp3) is 0.385. The molecule has 1 fully saturated rings. The molecule has 19 heavy (non-hydrogen) atoms. The topological polar surface area (TPSA) is 60.2 Å². The number of hydrogen-bond acceptors (Lipinski definition) is 5. The summed E-state index contributed by atoms with van der Waals surface area (Å²) in [6.45, 7) is 0.965. The van der Waals surface area contributed by atoms with Crippen molar-refractivity contribution >= 4 is 0 Å². The van der Waals surface area contributed by atoms with E-state index >= 15 is 0 Å². The molecule has 1 aromatic carbocycles. The van der Waals surface area contributed by atoms with Crippen molar-refractivity contribution in [3.05, 3.63) is 29.9 Å². The molecule has 1 N–H and O–H groups in total. The Labute approximate surface area is 109 Å². The van der Waals surface area contributed by atoms with E-state index < -0.39 is 5.82 Å². The maximum Gasteiger partial charge on any atom is 0.244 e. The number of ether oxygens (including phenoxy) is 1. The molecule has 0 spiro atoms. The van der Waals surface area contributed by atoms with E-state index in [1.165, 1.54) is 13.2 Å². The summed E-state index contributed by atoms with van der Waals surface area (Å²) in [5.74, 6) is 0.785. The van der Waals surface area contributed by atoms with E-state index in [9.17, 15) is 4.39 Å². The summed E-state index contributed by atoms with van der Waals surface area (Å²) in [4.78, 5) is 4.35. The highest BCUT2D eigenvalue weighted by molar-refractivity contribution is 5.57. The number of hydrogen-bond donors (Lipinski definition) is 1. The quantitative estimate of drug-likeness (QED) is 0.920. The van der Waals surface area contributed by atoms with Crippen LogP contribution in [0.4, 0.5) is 4.39 Å². The van der Waals surface area contributed by atoms with Crippen LogP contribution in [0.1, 0.15) is 24.8 Å². The van der Waals surface area contributed by atoms with Gasteiger partial charge in [0, 0.05) is 5.56 Å². The molecule has 100 valence electrons. The van der Waals surface area contributed by atoms with Crippen LogP contribution in [0.2, 0.25) is 0 Å². The first-order valence-corrected chi connectivity index (χ1v) is 6.19. The molecule has 6 heteroatoms. The molecule has 1 aliphatic rings. The lowest BCUT2D eigenvalue weighted by Crippen LogP contribution is -2.12. The van der Waals surface area contributed by atoms with Crippen LogP contribution in [-0.4, -0.2) is 23.8 Å². The van der Waals surface area contributed by atoms with Crippen molar-refractivity contribution in [2.45, 2.75) is 18.9 Å². The summed E-state index contributed by atoms with van der Waals surface area (Å²) in [5.41, 5.74) is 0.672. The van der Waals surface area contributed by atoms with Crippen molar-refractivity contribution < 1.29 is 13.7 Å². The molecule has 3 rings (SSSR count).